The standard InChI is InChI=1S/C23H22F6N2O3S/c24-22(25,26)10-2-1-3-19(32)15-6-9-20-18(11-15)31(21(33)17(30)13-35-20)12-14-4-7-16(8-5-14)34-23(27,28)29/h4-9,11,17H,1-3,10,12-13,30H2/t17-/m0/s1. The van der Waals surface area contributed by atoms with Crippen LogP contribution in [0.3, 0.4) is 0 Å². The fourth-order valence-corrected chi connectivity index (χ4v) is 4.47. The van der Waals surface area contributed by atoms with Crippen LogP contribution in [0.15, 0.2) is 47.4 Å². The summed E-state index contributed by atoms with van der Waals surface area (Å²) in [6.45, 7) is -0.0182. The minimum atomic E-state index is -4.83. The summed E-state index contributed by atoms with van der Waals surface area (Å²) in [6.07, 6.45) is -10.2. The van der Waals surface area contributed by atoms with Crippen LogP contribution in [-0.4, -0.2) is 36.0 Å². The molecule has 2 aromatic rings. The number of rotatable bonds is 8. The van der Waals surface area contributed by atoms with Crippen LogP contribution in [0.2, 0.25) is 0 Å². The maximum absolute atomic E-state index is 13.0. The highest BCUT2D eigenvalue weighted by molar-refractivity contribution is 7.99. The van der Waals surface area contributed by atoms with Crippen molar-refractivity contribution >= 4 is 29.1 Å². The quantitative estimate of drug-likeness (QED) is 0.268. The van der Waals surface area contributed by atoms with Gasteiger partial charge in [0.1, 0.15) is 5.75 Å². The highest BCUT2D eigenvalue weighted by Crippen LogP contribution is 2.36. The van der Waals surface area contributed by atoms with Crippen molar-refractivity contribution in [2.24, 2.45) is 5.73 Å². The van der Waals surface area contributed by atoms with Crippen molar-refractivity contribution in [3.05, 3.63) is 53.6 Å². The molecule has 1 heterocycles. The number of hydrogen-bond donors (Lipinski definition) is 1. The smallest absolute Gasteiger partial charge is 0.406 e. The zero-order valence-corrected chi connectivity index (χ0v) is 19.1. The van der Waals surface area contributed by atoms with Gasteiger partial charge in [-0.15, -0.1) is 24.9 Å². The minimum Gasteiger partial charge on any atom is -0.406 e. The van der Waals surface area contributed by atoms with Gasteiger partial charge in [-0.25, -0.2) is 0 Å². The average Bonchev–Trinajstić information content (AvgIpc) is 2.88. The Bertz CT molecular complexity index is 1060. The second-order valence-electron chi connectivity index (χ2n) is 7.96. The normalized spacial score (nSPS) is 16.6. The average molecular weight is 520 g/mol. The Morgan fingerprint density at radius 3 is 2.37 bits per heavy atom. The maximum Gasteiger partial charge on any atom is 0.573 e. The first kappa shape index (κ1) is 26.9. The van der Waals surface area contributed by atoms with Gasteiger partial charge in [0.15, 0.2) is 5.78 Å². The predicted octanol–water partition coefficient (Wildman–Crippen LogP) is 5.86. The Kier molecular flexibility index (Phi) is 8.37. The largest absolute Gasteiger partial charge is 0.573 e. The summed E-state index contributed by atoms with van der Waals surface area (Å²) in [5.74, 6) is -0.906. The Balaban J connectivity index is 1.79. The van der Waals surface area contributed by atoms with E-state index in [-0.39, 0.29) is 42.9 Å². The summed E-state index contributed by atoms with van der Waals surface area (Å²) in [6, 6.07) is 8.89. The summed E-state index contributed by atoms with van der Waals surface area (Å²) in [7, 11) is 0. The molecule has 5 nitrogen and oxygen atoms in total. The molecule has 1 aliphatic heterocycles. The summed E-state index contributed by atoms with van der Waals surface area (Å²) < 4.78 is 78.0. The van der Waals surface area contributed by atoms with Crippen molar-refractivity contribution < 1.29 is 40.7 Å². The van der Waals surface area contributed by atoms with E-state index in [0.29, 0.717) is 16.1 Å². The number of anilines is 1. The van der Waals surface area contributed by atoms with E-state index in [9.17, 15) is 35.9 Å². The number of hydrogen-bond acceptors (Lipinski definition) is 5. The number of carbonyl (C=O) groups excluding carboxylic acids is 2. The maximum atomic E-state index is 13.0. The molecule has 0 fully saturated rings. The van der Waals surface area contributed by atoms with E-state index in [4.69, 9.17) is 5.73 Å². The lowest BCUT2D eigenvalue weighted by Gasteiger charge is -2.25. The molecule has 12 heteroatoms. The van der Waals surface area contributed by atoms with Crippen LogP contribution in [0, 0.1) is 0 Å². The number of nitrogens with two attached hydrogens (primary N) is 1. The lowest BCUT2D eigenvalue weighted by molar-refractivity contribution is -0.274. The molecule has 1 atom stereocenters. The number of halogens is 6. The van der Waals surface area contributed by atoms with E-state index in [1.54, 1.807) is 12.1 Å². The summed E-state index contributed by atoms with van der Waals surface area (Å²) in [5, 5.41) is 0. The number of ketones is 1. The molecule has 0 radical (unpaired) electrons. The van der Waals surface area contributed by atoms with Crippen LogP contribution in [-0.2, 0) is 11.3 Å². The fourth-order valence-electron chi connectivity index (χ4n) is 3.49. The monoisotopic (exact) mass is 520 g/mol. The van der Waals surface area contributed by atoms with Crippen molar-refractivity contribution in [1.29, 1.82) is 0 Å². The second-order valence-corrected chi connectivity index (χ2v) is 9.02. The molecule has 0 aromatic heterocycles. The van der Waals surface area contributed by atoms with Gasteiger partial charge < -0.3 is 15.4 Å². The van der Waals surface area contributed by atoms with Crippen LogP contribution >= 0.6 is 11.8 Å². The second kappa shape index (κ2) is 10.9. The van der Waals surface area contributed by atoms with Gasteiger partial charge in [-0.1, -0.05) is 18.2 Å². The molecule has 0 unspecified atom stereocenters. The van der Waals surface area contributed by atoms with E-state index in [1.165, 1.54) is 34.9 Å². The molecular formula is C23H22F6N2O3S. The van der Waals surface area contributed by atoms with Crippen molar-refractivity contribution in [2.45, 2.75) is 55.7 Å². The van der Waals surface area contributed by atoms with E-state index in [0.717, 1.165) is 12.1 Å². The summed E-state index contributed by atoms with van der Waals surface area (Å²) in [5.41, 5.74) is 7.15. The van der Waals surface area contributed by atoms with E-state index >= 15 is 0 Å². The Morgan fingerprint density at radius 1 is 1.06 bits per heavy atom. The number of unbranched alkanes of at least 4 members (excludes halogenated alkanes) is 1. The van der Waals surface area contributed by atoms with E-state index in [2.05, 4.69) is 4.74 Å². The molecule has 0 saturated heterocycles. The first-order chi connectivity index (χ1) is 16.3. The van der Waals surface area contributed by atoms with Gasteiger partial charge in [0.05, 0.1) is 18.3 Å². The fraction of sp³-hybridized carbons (Fsp3) is 0.391. The van der Waals surface area contributed by atoms with Gasteiger partial charge in [0, 0.05) is 29.1 Å². The first-order valence-corrected chi connectivity index (χ1v) is 11.6. The molecule has 1 amide bonds. The lowest BCUT2D eigenvalue weighted by atomic mass is 10.0. The topological polar surface area (TPSA) is 72.6 Å². The molecule has 2 N–H and O–H groups in total. The first-order valence-electron chi connectivity index (χ1n) is 10.6. The third kappa shape index (κ3) is 7.89. The SMILES string of the molecule is N[C@H]1CSc2ccc(C(=O)CCCCC(F)(F)F)cc2N(Cc2ccc(OC(F)(F)F)cc2)C1=O. The van der Waals surface area contributed by atoms with Crippen molar-refractivity contribution in [2.75, 3.05) is 10.7 Å². The van der Waals surface area contributed by atoms with Gasteiger partial charge in [-0.05, 0) is 42.7 Å². The number of carbonyl (C=O) groups is 2. The minimum absolute atomic E-state index is 0.0182. The molecule has 0 spiro atoms. The van der Waals surface area contributed by atoms with Gasteiger partial charge in [0.2, 0.25) is 5.91 Å². The Morgan fingerprint density at radius 2 is 1.74 bits per heavy atom. The van der Waals surface area contributed by atoms with Crippen LogP contribution < -0.4 is 15.4 Å². The molecule has 0 saturated carbocycles. The third-order valence-corrected chi connectivity index (χ3v) is 6.37. The van der Waals surface area contributed by atoms with Gasteiger partial charge in [-0.3, -0.25) is 9.59 Å². The molecular weight excluding hydrogens is 498 g/mol. The van der Waals surface area contributed by atoms with Crippen molar-refractivity contribution in [1.82, 2.24) is 0 Å². The Hall–Kier alpha value is -2.73. The van der Waals surface area contributed by atoms with Crippen molar-refractivity contribution in [3.8, 4) is 5.75 Å². The lowest BCUT2D eigenvalue weighted by Crippen LogP contribution is -2.44. The van der Waals surface area contributed by atoms with Crippen LogP contribution in [0.5, 0.6) is 5.75 Å². The number of amides is 1. The third-order valence-electron chi connectivity index (χ3n) is 5.19. The number of fused-ring (bicyclic) bond motifs is 1. The molecule has 1 aliphatic rings. The summed E-state index contributed by atoms with van der Waals surface area (Å²) in [4.78, 5) is 27.6. The van der Waals surface area contributed by atoms with E-state index < -0.39 is 36.7 Å². The van der Waals surface area contributed by atoms with Crippen molar-refractivity contribution in [3.63, 3.8) is 0 Å². The number of thioether (sulfide) groups is 1. The highest BCUT2D eigenvalue weighted by atomic mass is 32.2. The number of benzene rings is 2. The molecule has 0 bridgehead atoms. The van der Waals surface area contributed by atoms with Crippen LogP contribution in [0.1, 0.15) is 41.6 Å². The zero-order valence-electron chi connectivity index (χ0n) is 18.3. The number of ether oxygens (including phenoxy) is 1. The van der Waals surface area contributed by atoms with Gasteiger partial charge in [0.25, 0.3) is 0 Å². The zero-order chi connectivity index (χ0) is 25.8. The molecule has 35 heavy (non-hydrogen) atoms. The molecule has 2 aromatic carbocycles. The summed E-state index contributed by atoms with van der Waals surface area (Å²) >= 11 is 1.32. The molecule has 190 valence electrons. The Labute approximate surface area is 201 Å². The van der Waals surface area contributed by atoms with Gasteiger partial charge in [-0.2, -0.15) is 13.2 Å². The van der Waals surface area contributed by atoms with Crippen LogP contribution in [0.4, 0.5) is 32.0 Å². The highest BCUT2D eigenvalue weighted by Gasteiger charge is 2.32. The number of nitrogens with zero attached hydrogens (tertiary/aromatic N) is 1. The number of alkyl halides is 6. The van der Waals surface area contributed by atoms with E-state index in [1.807, 2.05) is 0 Å². The van der Waals surface area contributed by atoms with Crippen LogP contribution in [0.25, 0.3) is 0 Å². The van der Waals surface area contributed by atoms with Gasteiger partial charge >= 0.3 is 12.5 Å². The predicted molar refractivity (Wildman–Crippen MR) is 118 cm³/mol. The molecule has 0 aliphatic carbocycles. The number of Topliss-reactive ketones (excluding diaryl/α,β-unsaturated/α-hetero) is 1. The molecule has 3 rings (SSSR count).